The number of imidazole rings is 2. The maximum absolute atomic E-state index is 12.8. The molecule has 0 radical (unpaired) electrons. The van der Waals surface area contributed by atoms with Gasteiger partial charge in [-0.15, -0.1) is 0 Å². The molecule has 2 amide bonds. The van der Waals surface area contributed by atoms with Crippen molar-refractivity contribution in [1.82, 2.24) is 23.7 Å². The average Bonchev–Trinajstić information content (AvgIpc) is 3.62. The molecule has 2 aliphatic rings. The predicted molar refractivity (Wildman–Crippen MR) is 159 cm³/mol. The molecule has 1 aliphatic heterocycles. The smallest absolute Gasteiger partial charge is 0.374 e. The summed E-state index contributed by atoms with van der Waals surface area (Å²) in [4.78, 5) is 45.7. The number of allylic oxidation sites excluding steroid dienone is 2. The van der Waals surface area contributed by atoms with Crippen LogP contribution in [0.3, 0.4) is 0 Å². The number of amides is 2. The molecule has 0 aromatic carbocycles. The summed E-state index contributed by atoms with van der Waals surface area (Å²) in [5.41, 5.74) is 1.46. The van der Waals surface area contributed by atoms with Gasteiger partial charge in [0, 0.05) is 39.5 Å². The molecule has 5 rings (SSSR count). The highest BCUT2D eigenvalue weighted by atomic mass is 16.5. The number of aromatic nitrogens is 5. The number of aryl methyl sites for hydroxylation is 2. The first-order chi connectivity index (χ1) is 21.2. The van der Waals surface area contributed by atoms with E-state index in [0.717, 1.165) is 29.7 Å². The van der Waals surface area contributed by atoms with E-state index in [9.17, 15) is 19.6 Å². The summed E-state index contributed by atoms with van der Waals surface area (Å²) in [5.74, 6) is 0.128. The number of methoxy groups -OCH3 is 1. The third kappa shape index (κ3) is 6.45. The number of anilines is 2. The van der Waals surface area contributed by atoms with Crippen molar-refractivity contribution in [2.75, 3.05) is 31.0 Å². The Morgan fingerprint density at radius 2 is 1.82 bits per heavy atom. The summed E-state index contributed by atoms with van der Waals surface area (Å²) in [6, 6.07) is 0. The lowest BCUT2D eigenvalue weighted by molar-refractivity contribution is -0.406. The summed E-state index contributed by atoms with van der Waals surface area (Å²) < 4.78 is 22.3. The Bertz CT molecular complexity index is 1630. The largest absolute Gasteiger partial charge is 0.618 e. The Kier molecular flexibility index (Phi) is 9.01. The molecule has 0 bridgehead atoms. The van der Waals surface area contributed by atoms with Crippen molar-refractivity contribution >= 4 is 35.6 Å². The summed E-state index contributed by atoms with van der Waals surface area (Å²) in [6.45, 7) is 2.80. The number of hydrogen-bond donors (Lipinski definition) is 2. The summed E-state index contributed by atoms with van der Waals surface area (Å²) in [5, 5.41) is 18.1. The van der Waals surface area contributed by atoms with Crippen LogP contribution < -0.4 is 20.1 Å². The van der Waals surface area contributed by atoms with Gasteiger partial charge in [0.15, 0.2) is 34.5 Å². The Labute approximate surface area is 253 Å². The van der Waals surface area contributed by atoms with Crippen molar-refractivity contribution in [2.45, 2.75) is 45.6 Å². The number of hydrogen-bond acceptors (Lipinski definition) is 9. The molecule has 4 heterocycles. The van der Waals surface area contributed by atoms with Gasteiger partial charge >= 0.3 is 5.97 Å². The van der Waals surface area contributed by atoms with Gasteiger partial charge in [-0.05, 0) is 38.7 Å². The van der Waals surface area contributed by atoms with Gasteiger partial charge in [-0.2, -0.15) is 4.74 Å². The number of carbonyl (C=O) groups is 3. The van der Waals surface area contributed by atoms with Crippen molar-refractivity contribution < 1.29 is 33.3 Å². The minimum absolute atomic E-state index is 0.0387. The highest BCUT2D eigenvalue weighted by molar-refractivity contribution is 6.02. The molecule has 0 saturated heterocycles. The lowest BCUT2D eigenvalue weighted by Gasteiger charge is -2.20. The van der Waals surface area contributed by atoms with Gasteiger partial charge in [-0.25, -0.2) is 14.8 Å². The Morgan fingerprint density at radius 1 is 1.09 bits per heavy atom. The molecule has 15 heteroatoms. The van der Waals surface area contributed by atoms with E-state index < -0.39 is 11.9 Å². The fourth-order valence-corrected chi connectivity index (χ4v) is 5.37. The first kappa shape index (κ1) is 30.4. The number of fused-ring (bicyclic) bond motifs is 2. The minimum Gasteiger partial charge on any atom is -0.618 e. The fraction of sp³-hybridized carbons (Fsp3) is 0.448. The molecule has 15 nitrogen and oxygen atoms in total. The maximum Gasteiger partial charge on any atom is 0.374 e. The topological polar surface area (TPSA) is 170 Å². The molecule has 1 atom stereocenters. The van der Waals surface area contributed by atoms with Gasteiger partial charge in [0.05, 0.1) is 32.4 Å². The summed E-state index contributed by atoms with van der Waals surface area (Å²) in [7, 11) is 4.77. The Balaban J connectivity index is 1.13. The zero-order valence-electron chi connectivity index (χ0n) is 25.2. The second kappa shape index (κ2) is 13.1. The van der Waals surface area contributed by atoms with Crippen LogP contribution >= 0.6 is 0 Å². The minimum atomic E-state index is -0.602. The van der Waals surface area contributed by atoms with Gasteiger partial charge in [-0.1, -0.05) is 0 Å². The zero-order valence-corrected chi connectivity index (χ0v) is 25.2. The highest BCUT2D eigenvalue weighted by Crippen LogP contribution is 2.37. The molecular weight excluding hydrogens is 572 g/mol. The van der Waals surface area contributed by atoms with Crippen molar-refractivity contribution in [2.24, 2.45) is 20.0 Å². The number of hydroxylamine groups is 1. The van der Waals surface area contributed by atoms with E-state index >= 15 is 0 Å². The van der Waals surface area contributed by atoms with Gasteiger partial charge < -0.3 is 43.8 Å². The number of esters is 1. The monoisotopic (exact) mass is 608 g/mol. The van der Waals surface area contributed by atoms with E-state index in [0.29, 0.717) is 30.2 Å². The number of rotatable bonds is 11. The van der Waals surface area contributed by atoms with Crippen molar-refractivity contribution in [3.8, 4) is 11.5 Å². The average molecular weight is 609 g/mol. The van der Waals surface area contributed by atoms with E-state index in [1.165, 1.54) is 34.9 Å². The first-order valence-electron chi connectivity index (χ1n) is 14.4. The number of nitrogens with zero attached hydrogens (tertiary/aromatic N) is 6. The van der Waals surface area contributed by atoms with Gasteiger partial charge in [0.2, 0.25) is 23.8 Å². The SMILES string of the molecule is CCOC(=O)c1nc(NC(=O)c2nc(NC(=O)CCCOc3cn4c(c3OC)C=[N+]([O-])C3=CCCCC3C4)cn2C)cn1C. The quantitative estimate of drug-likeness (QED) is 0.144. The molecule has 3 aromatic rings. The lowest BCUT2D eigenvalue weighted by Crippen LogP contribution is -2.18. The molecule has 0 fully saturated rings. The standard InChI is InChI=1S/C29H36N8O7/c1-5-43-29(40)27-32-23(17-35(27)3)33-28(39)26-31-22(16-34(26)2)30-24(38)11-8-12-44-21-15-36-13-18-9-6-7-10-19(18)37(41)14-20(36)25(21)42-4/h10,14-18H,5-9,11-13H2,1-4H3,(H,30,38)(H,33,39). The van der Waals surface area contributed by atoms with Crippen LogP contribution in [0, 0.1) is 11.1 Å². The molecule has 1 unspecified atom stereocenters. The molecule has 0 saturated carbocycles. The predicted octanol–water partition coefficient (Wildman–Crippen LogP) is 2.82. The summed E-state index contributed by atoms with van der Waals surface area (Å²) in [6.07, 6.45) is 11.9. The maximum atomic E-state index is 12.8. The lowest BCUT2D eigenvalue weighted by atomic mass is 9.92. The summed E-state index contributed by atoms with van der Waals surface area (Å²) >= 11 is 0. The van der Waals surface area contributed by atoms with Crippen LogP contribution in [0.2, 0.25) is 0 Å². The van der Waals surface area contributed by atoms with Crippen LogP contribution in [0.15, 0.2) is 30.4 Å². The number of ether oxygens (including phenoxy) is 3. The van der Waals surface area contributed by atoms with Gasteiger partial charge in [0.1, 0.15) is 0 Å². The van der Waals surface area contributed by atoms with E-state index in [1.54, 1.807) is 21.0 Å². The molecule has 234 valence electrons. The van der Waals surface area contributed by atoms with Crippen LogP contribution in [0.25, 0.3) is 0 Å². The molecule has 44 heavy (non-hydrogen) atoms. The fourth-order valence-electron chi connectivity index (χ4n) is 5.37. The number of carbonyl (C=O) groups excluding carboxylic acids is 3. The third-order valence-corrected chi connectivity index (χ3v) is 7.41. The molecular formula is C29H36N8O7. The van der Waals surface area contributed by atoms with E-state index in [2.05, 4.69) is 20.6 Å². The van der Waals surface area contributed by atoms with Crippen LogP contribution in [-0.4, -0.2) is 72.7 Å². The Morgan fingerprint density at radius 3 is 2.57 bits per heavy atom. The van der Waals surface area contributed by atoms with Crippen molar-refractivity contribution in [3.05, 3.63) is 52.9 Å². The second-order valence-electron chi connectivity index (χ2n) is 10.6. The van der Waals surface area contributed by atoms with E-state index in [1.807, 2.05) is 16.8 Å². The van der Waals surface area contributed by atoms with Crippen LogP contribution in [0.1, 0.15) is 66.0 Å². The van der Waals surface area contributed by atoms with Crippen LogP contribution in [0.5, 0.6) is 11.5 Å². The van der Waals surface area contributed by atoms with Crippen LogP contribution in [0.4, 0.5) is 11.6 Å². The third-order valence-electron chi connectivity index (χ3n) is 7.41. The van der Waals surface area contributed by atoms with Crippen molar-refractivity contribution in [3.63, 3.8) is 0 Å². The van der Waals surface area contributed by atoms with Crippen molar-refractivity contribution in [1.29, 1.82) is 0 Å². The molecule has 0 spiro atoms. The Hall–Kier alpha value is -5.08. The second-order valence-corrected chi connectivity index (χ2v) is 10.6. The molecule has 3 aromatic heterocycles. The van der Waals surface area contributed by atoms with E-state index in [-0.39, 0.29) is 54.7 Å². The van der Waals surface area contributed by atoms with E-state index in [4.69, 9.17) is 14.2 Å². The molecule has 1 aliphatic carbocycles. The normalized spacial score (nSPS) is 15.7. The van der Waals surface area contributed by atoms with Gasteiger partial charge in [-0.3, -0.25) is 9.59 Å². The van der Waals surface area contributed by atoms with Gasteiger partial charge in [0.25, 0.3) is 5.91 Å². The zero-order chi connectivity index (χ0) is 31.4. The van der Waals surface area contributed by atoms with Crippen LogP contribution in [-0.2, 0) is 30.2 Å². The highest BCUT2D eigenvalue weighted by Gasteiger charge is 2.31. The number of nitrogens with one attached hydrogen (secondary N) is 2. The first-order valence-corrected chi connectivity index (χ1v) is 14.4. The molecule has 2 N–H and O–H groups in total.